The molecule has 2 atom stereocenters. The van der Waals surface area contributed by atoms with Crippen molar-refractivity contribution in [2.45, 2.75) is 50.6 Å². The summed E-state index contributed by atoms with van der Waals surface area (Å²) in [5, 5.41) is 11.5. The largest absolute Gasteiger partial charge is 0.334 e. The maximum absolute atomic E-state index is 12.8. The van der Waals surface area contributed by atoms with Gasteiger partial charge >= 0.3 is 0 Å². The number of carbonyl (C=O) groups is 1. The highest BCUT2D eigenvalue weighted by Crippen LogP contribution is 2.35. The molecule has 0 radical (unpaired) electrons. The van der Waals surface area contributed by atoms with Crippen LogP contribution in [0.25, 0.3) is 0 Å². The van der Waals surface area contributed by atoms with E-state index in [1.165, 1.54) is 25.7 Å². The Morgan fingerprint density at radius 2 is 2.00 bits per heavy atom. The number of nitrogens with one attached hydrogen (secondary N) is 1. The lowest BCUT2D eigenvalue weighted by Gasteiger charge is -2.43. The predicted octanol–water partition coefficient (Wildman–Crippen LogP) is 1.22. The van der Waals surface area contributed by atoms with E-state index in [-0.39, 0.29) is 5.91 Å². The van der Waals surface area contributed by atoms with Crippen molar-refractivity contribution in [3.63, 3.8) is 0 Å². The second kappa shape index (κ2) is 5.40. The zero-order valence-corrected chi connectivity index (χ0v) is 12.4. The van der Waals surface area contributed by atoms with Crippen LogP contribution < -0.4 is 5.32 Å². The van der Waals surface area contributed by atoms with Crippen LogP contribution in [0.4, 0.5) is 0 Å². The lowest BCUT2D eigenvalue weighted by atomic mass is 9.78. The summed E-state index contributed by atoms with van der Waals surface area (Å²) in [5.41, 5.74) is 0.521. The molecule has 1 saturated carbocycles. The standard InChI is InChI=1S/C15H23N5O/c21-15(13-10-20(18-17-13)12-8-16-9-12)19-7-3-5-11-4-1-2-6-14(11)19/h10-12,14,16H,1-9H2/t11-,14-/m1/s1. The third kappa shape index (κ3) is 2.35. The Kier molecular flexibility index (Phi) is 3.41. The van der Waals surface area contributed by atoms with Gasteiger partial charge in [-0.1, -0.05) is 18.1 Å². The number of carbonyl (C=O) groups excluding carboxylic acids is 1. The fourth-order valence-corrected chi connectivity index (χ4v) is 4.04. The Morgan fingerprint density at radius 3 is 2.81 bits per heavy atom. The van der Waals surface area contributed by atoms with Gasteiger partial charge in [-0.15, -0.1) is 5.10 Å². The van der Waals surface area contributed by atoms with Crippen LogP contribution in [0.2, 0.25) is 0 Å². The molecule has 0 aromatic carbocycles. The number of hydrogen-bond donors (Lipinski definition) is 1. The summed E-state index contributed by atoms with van der Waals surface area (Å²) in [6.07, 6.45) is 9.29. The number of nitrogens with zero attached hydrogens (tertiary/aromatic N) is 4. The van der Waals surface area contributed by atoms with Gasteiger partial charge in [-0.3, -0.25) is 4.79 Å². The average molecular weight is 289 g/mol. The SMILES string of the molecule is O=C(c1cn(C2CNC2)nn1)N1CCC[C@H]2CCCC[C@H]21. The molecule has 1 aliphatic carbocycles. The van der Waals surface area contributed by atoms with E-state index in [0.717, 1.165) is 32.5 Å². The molecular weight excluding hydrogens is 266 g/mol. The predicted molar refractivity (Wildman–Crippen MR) is 77.9 cm³/mol. The van der Waals surface area contributed by atoms with Gasteiger partial charge in [0.2, 0.25) is 0 Å². The van der Waals surface area contributed by atoms with Crippen molar-refractivity contribution < 1.29 is 4.79 Å². The van der Waals surface area contributed by atoms with Gasteiger partial charge in [0, 0.05) is 25.7 Å². The number of likely N-dealkylation sites (tertiary alicyclic amines) is 1. The van der Waals surface area contributed by atoms with Crippen LogP contribution in [-0.4, -0.2) is 51.5 Å². The van der Waals surface area contributed by atoms with Gasteiger partial charge in [-0.25, -0.2) is 4.68 Å². The van der Waals surface area contributed by atoms with Crippen LogP contribution in [0.1, 0.15) is 55.1 Å². The first-order chi connectivity index (χ1) is 10.3. The van der Waals surface area contributed by atoms with Crippen LogP contribution in [0, 0.1) is 5.92 Å². The van der Waals surface area contributed by atoms with Crippen LogP contribution in [0.15, 0.2) is 6.20 Å². The molecule has 0 unspecified atom stereocenters. The molecule has 3 fully saturated rings. The van der Waals surface area contributed by atoms with Gasteiger partial charge in [0.1, 0.15) is 0 Å². The lowest BCUT2D eigenvalue weighted by Crippen LogP contribution is -2.49. The third-order valence-electron chi connectivity index (χ3n) is 5.37. The molecule has 6 nitrogen and oxygen atoms in total. The highest BCUT2D eigenvalue weighted by molar-refractivity contribution is 5.92. The summed E-state index contributed by atoms with van der Waals surface area (Å²) in [7, 11) is 0. The molecule has 1 amide bonds. The van der Waals surface area contributed by atoms with Gasteiger partial charge < -0.3 is 10.2 Å². The highest BCUT2D eigenvalue weighted by Gasteiger charge is 2.37. The minimum Gasteiger partial charge on any atom is -0.334 e. The molecule has 0 bridgehead atoms. The van der Waals surface area contributed by atoms with E-state index in [4.69, 9.17) is 0 Å². The molecule has 1 N–H and O–H groups in total. The molecule has 4 rings (SSSR count). The Balaban J connectivity index is 1.51. The molecule has 21 heavy (non-hydrogen) atoms. The second-order valence-electron chi connectivity index (χ2n) is 6.65. The number of rotatable bonds is 2. The van der Waals surface area contributed by atoms with Crippen molar-refractivity contribution in [3.05, 3.63) is 11.9 Å². The molecule has 1 aromatic rings. The molecule has 114 valence electrons. The Hall–Kier alpha value is -1.43. The topological polar surface area (TPSA) is 63.1 Å². The number of amides is 1. The molecule has 2 aliphatic heterocycles. The normalized spacial score (nSPS) is 29.8. The van der Waals surface area contributed by atoms with Crippen molar-refractivity contribution >= 4 is 5.91 Å². The second-order valence-corrected chi connectivity index (χ2v) is 6.65. The van der Waals surface area contributed by atoms with E-state index in [1.807, 2.05) is 10.9 Å². The van der Waals surface area contributed by atoms with Crippen LogP contribution >= 0.6 is 0 Å². The number of fused-ring (bicyclic) bond motifs is 1. The van der Waals surface area contributed by atoms with Crippen molar-refractivity contribution in [2.75, 3.05) is 19.6 Å². The van der Waals surface area contributed by atoms with Gasteiger partial charge in [0.15, 0.2) is 5.69 Å². The quantitative estimate of drug-likeness (QED) is 0.889. The minimum atomic E-state index is 0.0881. The van der Waals surface area contributed by atoms with Crippen LogP contribution in [0.5, 0.6) is 0 Å². The summed E-state index contributed by atoms with van der Waals surface area (Å²) < 4.78 is 1.84. The van der Waals surface area contributed by atoms with Crippen molar-refractivity contribution in [3.8, 4) is 0 Å². The van der Waals surface area contributed by atoms with E-state index in [1.54, 1.807) is 0 Å². The molecule has 1 aromatic heterocycles. The van der Waals surface area contributed by atoms with Crippen molar-refractivity contribution in [2.24, 2.45) is 5.92 Å². The zero-order chi connectivity index (χ0) is 14.2. The third-order valence-corrected chi connectivity index (χ3v) is 5.37. The Morgan fingerprint density at radius 1 is 1.19 bits per heavy atom. The van der Waals surface area contributed by atoms with E-state index < -0.39 is 0 Å². The first-order valence-electron chi connectivity index (χ1n) is 8.26. The summed E-state index contributed by atoms with van der Waals surface area (Å²) in [6.45, 7) is 2.73. The van der Waals surface area contributed by atoms with Crippen LogP contribution in [-0.2, 0) is 0 Å². The summed E-state index contributed by atoms with van der Waals surface area (Å²) in [5.74, 6) is 0.799. The van der Waals surface area contributed by atoms with Crippen molar-refractivity contribution in [1.82, 2.24) is 25.2 Å². The van der Waals surface area contributed by atoms with Gasteiger partial charge in [0.05, 0.1) is 12.2 Å². The molecule has 3 heterocycles. The first-order valence-corrected chi connectivity index (χ1v) is 8.26. The lowest BCUT2D eigenvalue weighted by molar-refractivity contribution is 0.0385. The maximum atomic E-state index is 12.8. The number of piperidine rings is 1. The molecule has 6 heteroatoms. The smallest absolute Gasteiger partial charge is 0.276 e. The average Bonchev–Trinajstić information content (AvgIpc) is 2.93. The van der Waals surface area contributed by atoms with Gasteiger partial charge in [-0.05, 0) is 31.6 Å². The number of hydrogen-bond acceptors (Lipinski definition) is 4. The fraction of sp³-hybridized carbons (Fsp3) is 0.800. The molecule has 2 saturated heterocycles. The minimum absolute atomic E-state index is 0.0881. The van der Waals surface area contributed by atoms with Gasteiger partial charge in [-0.2, -0.15) is 0 Å². The van der Waals surface area contributed by atoms with E-state index in [0.29, 0.717) is 23.7 Å². The highest BCUT2D eigenvalue weighted by atomic mass is 16.2. The summed E-state index contributed by atoms with van der Waals surface area (Å²) >= 11 is 0. The molecule has 0 spiro atoms. The molecular formula is C15H23N5O. The number of aromatic nitrogens is 3. The van der Waals surface area contributed by atoms with E-state index in [2.05, 4.69) is 20.5 Å². The van der Waals surface area contributed by atoms with Crippen LogP contribution in [0.3, 0.4) is 0 Å². The summed E-state index contributed by atoms with van der Waals surface area (Å²) in [6, 6.07) is 0.804. The van der Waals surface area contributed by atoms with E-state index >= 15 is 0 Å². The molecule has 3 aliphatic rings. The van der Waals surface area contributed by atoms with E-state index in [9.17, 15) is 4.79 Å². The fourth-order valence-electron chi connectivity index (χ4n) is 4.04. The monoisotopic (exact) mass is 289 g/mol. The Bertz CT molecular complexity index is 522. The first kappa shape index (κ1) is 13.2. The maximum Gasteiger partial charge on any atom is 0.276 e. The zero-order valence-electron chi connectivity index (χ0n) is 12.4. The van der Waals surface area contributed by atoms with Gasteiger partial charge in [0.25, 0.3) is 5.91 Å². The van der Waals surface area contributed by atoms with Crippen molar-refractivity contribution in [1.29, 1.82) is 0 Å². The Labute approximate surface area is 124 Å². The summed E-state index contributed by atoms with van der Waals surface area (Å²) in [4.78, 5) is 14.9.